The first-order valence-electron chi connectivity index (χ1n) is 4.82. The first-order valence-corrected chi connectivity index (χ1v) is 9.55. The average Bonchev–Trinajstić information content (AvgIpc) is 2.12. The summed E-state index contributed by atoms with van der Waals surface area (Å²) in [4.78, 5) is 0. The summed E-state index contributed by atoms with van der Waals surface area (Å²) in [7, 11) is -12.1. The van der Waals surface area contributed by atoms with Crippen LogP contribution in [0.1, 0.15) is 0 Å². The Morgan fingerprint density at radius 2 is 0.727 bits per heavy atom. The largest absolute Gasteiger partial charge is 3.00 e. The van der Waals surface area contributed by atoms with Crippen LogP contribution in [0.4, 0.5) is 0 Å². The van der Waals surface area contributed by atoms with Crippen LogP contribution >= 0.6 is 0 Å². The molecule has 0 rings (SSSR count). The summed E-state index contributed by atoms with van der Waals surface area (Å²) < 4.78 is 86.4. The van der Waals surface area contributed by atoms with E-state index in [4.69, 9.17) is 0 Å². The Kier molecular flexibility index (Phi) is 20.5. The normalized spacial score (nSPS) is 10.5. The van der Waals surface area contributed by atoms with Gasteiger partial charge in [0.25, 0.3) is 0 Å². The molecule has 127 valence electrons. The van der Waals surface area contributed by atoms with Crippen LogP contribution in [0.2, 0.25) is 0 Å². The van der Waals surface area contributed by atoms with Crippen molar-refractivity contribution < 1.29 is 80.7 Å². The minimum absolute atomic E-state index is 0. The molecule has 0 bridgehead atoms. The van der Waals surface area contributed by atoms with Gasteiger partial charge in [0.05, 0.1) is 47.6 Å². The van der Waals surface area contributed by atoms with Gasteiger partial charge in [-0.2, -0.15) is 0 Å². The Morgan fingerprint density at radius 3 is 0.727 bits per heavy atom. The van der Waals surface area contributed by atoms with Crippen LogP contribution in [0, 0.1) is 41.7 Å². The predicted molar refractivity (Wildman–Crippen MR) is 74.3 cm³/mol. The maximum Gasteiger partial charge on any atom is 3.00 e. The van der Waals surface area contributed by atoms with E-state index in [1.54, 1.807) is 0 Å². The van der Waals surface area contributed by atoms with Crippen molar-refractivity contribution in [3.8, 4) is 0 Å². The van der Waals surface area contributed by atoms with Crippen LogP contribution in [0.25, 0.3) is 0 Å². The van der Waals surface area contributed by atoms with Crippen LogP contribution in [-0.4, -0.2) is 56.2 Å². The van der Waals surface area contributed by atoms with Gasteiger partial charge < -0.3 is 13.7 Å². The summed E-state index contributed by atoms with van der Waals surface area (Å²) >= 11 is 0. The number of hydrogen-bond acceptors (Lipinski definition) is 9. The van der Waals surface area contributed by atoms with Crippen LogP contribution in [0.15, 0.2) is 38.0 Å². The molecular formula is C9H15CeO9S3. The van der Waals surface area contributed by atoms with Crippen molar-refractivity contribution in [1.29, 1.82) is 0 Å². The molecular weight excluding hydrogens is 488 g/mol. The molecule has 0 atom stereocenters. The molecule has 0 aliphatic heterocycles. The second-order valence-electron chi connectivity index (χ2n) is 3.04. The summed E-state index contributed by atoms with van der Waals surface area (Å²) in [5.41, 5.74) is 0. The molecule has 0 fully saturated rings. The van der Waals surface area contributed by atoms with Gasteiger partial charge in [0.1, 0.15) is 0 Å². The Hall–Kier alpha value is 0.327. The van der Waals surface area contributed by atoms with Gasteiger partial charge in [-0.1, -0.05) is 18.2 Å². The summed E-state index contributed by atoms with van der Waals surface area (Å²) in [5.74, 6) is -1.44. The van der Waals surface area contributed by atoms with Gasteiger partial charge in [-0.25, -0.2) is 25.3 Å². The van der Waals surface area contributed by atoms with Crippen molar-refractivity contribution in [3.05, 3.63) is 38.0 Å². The molecule has 0 aromatic rings. The summed E-state index contributed by atoms with van der Waals surface area (Å²) in [5, 5.41) is 0. The zero-order valence-corrected chi connectivity index (χ0v) is 17.0. The number of hydrogen-bond donors (Lipinski definition) is 0. The zero-order valence-electron chi connectivity index (χ0n) is 11.4. The van der Waals surface area contributed by atoms with E-state index in [0.717, 1.165) is 18.2 Å². The molecule has 0 aromatic heterocycles. The summed E-state index contributed by atoms with van der Waals surface area (Å²) in [6.45, 7) is 9.20. The first kappa shape index (κ1) is 30.2. The van der Waals surface area contributed by atoms with Crippen molar-refractivity contribution in [2.24, 2.45) is 0 Å². The minimum atomic E-state index is -4.04. The molecule has 9 nitrogen and oxygen atoms in total. The Morgan fingerprint density at radius 1 is 0.591 bits per heavy atom. The molecule has 0 N–H and O–H groups in total. The molecule has 1 radical (unpaired) electrons. The molecule has 0 heterocycles. The van der Waals surface area contributed by atoms with E-state index >= 15 is 0 Å². The van der Waals surface area contributed by atoms with E-state index in [1.165, 1.54) is 0 Å². The van der Waals surface area contributed by atoms with E-state index < -0.39 is 47.6 Å². The van der Waals surface area contributed by atoms with E-state index in [9.17, 15) is 38.9 Å². The summed E-state index contributed by atoms with van der Waals surface area (Å²) in [6, 6.07) is 0. The van der Waals surface area contributed by atoms with Gasteiger partial charge in [0, 0.05) is 0 Å². The van der Waals surface area contributed by atoms with Crippen molar-refractivity contribution in [2.45, 2.75) is 0 Å². The molecule has 0 aliphatic rings. The quantitative estimate of drug-likeness (QED) is 0.331. The smallest absolute Gasteiger partial charge is 0.748 e. The SMILES string of the molecule is C=CCS(=O)(=O)[O-].C=CCS(=O)(=O)[O-].C=CCS(=O)(=O)[O-].[Ce+3]. The van der Waals surface area contributed by atoms with Crippen molar-refractivity contribution in [2.75, 3.05) is 17.3 Å². The fourth-order valence-corrected chi connectivity index (χ4v) is 1.30. The molecule has 0 amide bonds. The molecule has 0 saturated heterocycles. The Labute approximate surface area is 164 Å². The van der Waals surface area contributed by atoms with Gasteiger partial charge in [0.2, 0.25) is 0 Å². The van der Waals surface area contributed by atoms with Crippen molar-refractivity contribution in [3.63, 3.8) is 0 Å². The third kappa shape index (κ3) is 50.0. The molecule has 22 heavy (non-hydrogen) atoms. The maximum absolute atomic E-state index is 9.60. The van der Waals surface area contributed by atoms with E-state index in [1.807, 2.05) is 0 Å². The standard InChI is InChI=1S/3C3H6O3S.Ce/c3*1-2-3-7(4,5)6;/h3*2H,1,3H2,(H,4,5,6);/q;;;+3/p-3. The van der Waals surface area contributed by atoms with Crippen LogP contribution in [-0.2, 0) is 30.4 Å². The van der Waals surface area contributed by atoms with Gasteiger partial charge in [0.15, 0.2) is 0 Å². The van der Waals surface area contributed by atoms with Gasteiger partial charge in [-0.15, -0.1) is 19.7 Å². The molecule has 0 spiro atoms. The molecule has 0 aromatic carbocycles. The fraction of sp³-hybridized carbons (Fsp3) is 0.333. The fourth-order valence-electron chi connectivity index (χ4n) is 0.433. The second-order valence-corrected chi connectivity index (χ2v) is 7.39. The van der Waals surface area contributed by atoms with Gasteiger partial charge >= 0.3 is 41.7 Å². The maximum atomic E-state index is 9.60. The number of rotatable bonds is 6. The van der Waals surface area contributed by atoms with Crippen LogP contribution in [0.3, 0.4) is 0 Å². The Bertz CT molecular complexity index is 527. The monoisotopic (exact) mass is 503 g/mol. The average molecular weight is 504 g/mol. The Balaban J connectivity index is -0.000000108. The van der Waals surface area contributed by atoms with E-state index in [-0.39, 0.29) is 41.7 Å². The first-order chi connectivity index (χ1) is 9.18. The van der Waals surface area contributed by atoms with Crippen molar-refractivity contribution in [1.82, 2.24) is 0 Å². The third-order valence-electron chi connectivity index (χ3n) is 0.966. The predicted octanol–water partition coefficient (Wildman–Crippen LogP) is -0.847. The molecule has 13 heteroatoms. The molecule has 0 unspecified atom stereocenters. The topological polar surface area (TPSA) is 172 Å². The summed E-state index contributed by atoms with van der Waals surface area (Å²) in [6.07, 6.45) is 3.17. The van der Waals surface area contributed by atoms with Crippen molar-refractivity contribution >= 4 is 30.4 Å². The third-order valence-corrected chi connectivity index (χ3v) is 2.90. The van der Waals surface area contributed by atoms with Gasteiger partial charge in [-0.05, 0) is 0 Å². The van der Waals surface area contributed by atoms with E-state index in [0.29, 0.717) is 0 Å². The zero-order chi connectivity index (χ0) is 17.7. The van der Waals surface area contributed by atoms with E-state index in [2.05, 4.69) is 19.7 Å². The second kappa shape index (κ2) is 14.9. The van der Waals surface area contributed by atoms with Crippen LogP contribution < -0.4 is 0 Å². The minimum Gasteiger partial charge on any atom is -0.748 e. The van der Waals surface area contributed by atoms with Gasteiger partial charge in [-0.3, -0.25) is 0 Å². The molecule has 0 aliphatic carbocycles. The molecule has 0 saturated carbocycles. The van der Waals surface area contributed by atoms with Crippen LogP contribution in [0.5, 0.6) is 0 Å².